The van der Waals surface area contributed by atoms with E-state index < -0.39 is 23.6 Å². The maximum atomic E-state index is 13.8. The molecule has 1 aliphatic heterocycles. The summed E-state index contributed by atoms with van der Waals surface area (Å²) < 4.78 is 47.9. The van der Waals surface area contributed by atoms with Crippen LogP contribution in [0.5, 0.6) is 0 Å². The first-order chi connectivity index (χ1) is 15.6. The Balaban J connectivity index is 1.46. The van der Waals surface area contributed by atoms with Crippen molar-refractivity contribution < 1.29 is 27.2 Å². The molecule has 1 unspecified atom stereocenters. The summed E-state index contributed by atoms with van der Waals surface area (Å²) in [5.41, 5.74) is 0.807. The molecule has 3 aromatic rings. The molecule has 1 atom stereocenters. The highest BCUT2D eigenvalue weighted by molar-refractivity contribution is 5.89. The Morgan fingerprint density at radius 2 is 2.03 bits per heavy atom. The summed E-state index contributed by atoms with van der Waals surface area (Å²) in [6, 6.07) is 9.14. The minimum atomic E-state index is -4.60. The normalized spacial score (nSPS) is 16.5. The Hall–Kier alpha value is -3.56. The molecule has 2 amide bonds. The van der Waals surface area contributed by atoms with E-state index in [1.807, 2.05) is 0 Å². The molecule has 0 aliphatic carbocycles. The second-order valence-electron chi connectivity index (χ2n) is 8.15. The fourth-order valence-corrected chi connectivity index (χ4v) is 4.02. The molecule has 1 aromatic carbocycles. The van der Waals surface area contributed by atoms with Gasteiger partial charge in [-0.3, -0.25) is 9.59 Å². The summed E-state index contributed by atoms with van der Waals surface area (Å²) >= 11 is 0. The topological polar surface area (TPSA) is 80.4 Å². The molecule has 0 saturated carbocycles. The minimum absolute atomic E-state index is 0.00946. The number of amides is 2. The standard InChI is InChI=1S/C23H23F3N4O3/c1-14-8-15(2)30(28-14)18-6-5-16(20(10-18)23(24,25)26)11-27-22(32)17-9-21(31)29(12-17)13-19-4-3-7-33-19/h3-8,10,17H,9,11-13H2,1-2H3,(H,27,32). The average molecular weight is 460 g/mol. The molecule has 10 heteroatoms. The number of aryl methyl sites for hydroxylation is 2. The number of likely N-dealkylation sites (tertiary alicyclic amines) is 1. The van der Waals surface area contributed by atoms with E-state index >= 15 is 0 Å². The number of alkyl halides is 3. The van der Waals surface area contributed by atoms with Crippen molar-refractivity contribution in [2.45, 2.75) is 39.5 Å². The summed E-state index contributed by atoms with van der Waals surface area (Å²) in [6.07, 6.45) is -3.09. The number of hydrogen-bond acceptors (Lipinski definition) is 4. The van der Waals surface area contributed by atoms with Crippen molar-refractivity contribution in [3.05, 3.63) is 70.9 Å². The van der Waals surface area contributed by atoms with E-state index in [0.29, 0.717) is 17.1 Å². The van der Waals surface area contributed by atoms with E-state index in [4.69, 9.17) is 4.42 Å². The molecular formula is C23H23F3N4O3. The smallest absolute Gasteiger partial charge is 0.416 e. The number of nitrogens with one attached hydrogen (secondary N) is 1. The first-order valence-electron chi connectivity index (χ1n) is 10.4. The highest BCUT2D eigenvalue weighted by Gasteiger charge is 2.36. The third-order valence-corrected chi connectivity index (χ3v) is 5.62. The van der Waals surface area contributed by atoms with E-state index in [1.54, 1.807) is 38.1 Å². The Kier molecular flexibility index (Phi) is 6.01. The molecule has 1 saturated heterocycles. The zero-order valence-corrected chi connectivity index (χ0v) is 18.1. The molecule has 4 rings (SSSR count). The maximum Gasteiger partial charge on any atom is 0.416 e. The molecule has 174 valence electrons. The molecule has 33 heavy (non-hydrogen) atoms. The molecule has 0 spiro atoms. The van der Waals surface area contributed by atoms with Gasteiger partial charge >= 0.3 is 6.18 Å². The molecule has 1 fully saturated rings. The van der Waals surface area contributed by atoms with Gasteiger partial charge < -0.3 is 14.6 Å². The number of halogens is 3. The van der Waals surface area contributed by atoms with Crippen LogP contribution in [0, 0.1) is 19.8 Å². The Morgan fingerprint density at radius 1 is 1.24 bits per heavy atom. The number of benzene rings is 1. The molecule has 7 nitrogen and oxygen atoms in total. The van der Waals surface area contributed by atoms with E-state index in [2.05, 4.69) is 10.4 Å². The SMILES string of the molecule is Cc1cc(C)n(-c2ccc(CNC(=O)C3CC(=O)N(Cc4ccco4)C3)c(C(F)(F)F)c2)n1. The average Bonchev–Trinajstić information content (AvgIpc) is 3.47. The van der Waals surface area contributed by atoms with Crippen molar-refractivity contribution in [3.8, 4) is 5.69 Å². The third kappa shape index (κ3) is 4.94. The zero-order valence-electron chi connectivity index (χ0n) is 18.1. The van der Waals surface area contributed by atoms with Crippen LogP contribution >= 0.6 is 0 Å². The van der Waals surface area contributed by atoms with Gasteiger partial charge in [-0.1, -0.05) is 6.07 Å². The Morgan fingerprint density at radius 3 is 2.67 bits per heavy atom. The summed E-state index contributed by atoms with van der Waals surface area (Å²) in [6.45, 7) is 3.67. The molecule has 0 radical (unpaired) electrons. The molecule has 3 heterocycles. The largest absolute Gasteiger partial charge is 0.467 e. The van der Waals surface area contributed by atoms with E-state index in [9.17, 15) is 22.8 Å². The maximum absolute atomic E-state index is 13.8. The number of carbonyl (C=O) groups excluding carboxylic acids is 2. The fourth-order valence-electron chi connectivity index (χ4n) is 4.02. The van der Waals surface area contributed by atoms with Crippen LogP contribution in [0.25, 0.3) is 5.69 Å². The van der Waals surface area contributed by atoms with Crippen molar-refractivity contribution in [1.29, 1.82) is 0 Å². The van der Waals surface area contributed by atoms with Gasteiger partial charge in [-0.15, -0.1) is 0 Å². The van der Waals surface area contributed by atoms with Crippen molar-refractivity contribution in [3.63, 3.8) is 0 Å². The predicted molar refractivity (Wildman–Crippen MR) is 112 cm³/mol. The van der Waals surface area contributed by atoms with Gasteiger partial charge in [-0.2, -0.15) is 18.3 Å². The lowest BCUT2D eigenvalue weighted by Gasteiger charge is -2.17. The second-order valence-corrected chi connectivity index (χ2v) is 8.15. The van der Waals surface area contributed by atoms with E-state index in [1.165, 1.54) is 21.9 Å². The first-order valence-corrected chi connectivity index (χ1v) is 10.4. The van der Waals surface area contributed by atoms with E-state index in [-0.39, 0.29) is 43.2 Å². The van der Waals surface area contributed by atoms with Crippen LogP contribution in [-0.2, 0) is 28.9 Å². The molecular weight excluding hydrogens is 437 g/mol. The van der Waals surface area contributed by atoms with Gasteiger partial charge in [0.05, 0.1) is 35.7 Å². The van der Waals surface area contributed by atoms with Gasteiger partial charge in [-0.25, -0.2) is 4.68 Å². The van der Waals surface area contributed by atoms with Crippen LogP contribution in [0.4, 0.5) is 13.2 Å². The van der Waals surface area contributed by atoms with Gasteiger partial charge in [-0.05, 0) is 49.7 Å². The fraction of sp³-hybridized carbons (Fsp3) is 0.348. The molecule has 0 bridgehead atoms. The van der Waals surface area contributed by atoms with Gasteiger partial charge in [0.1, 0.15) is 5.76 Å². The second kappa shape index (κ2) is 8.76. The highest BCUT2D eigenvalue weighted by atomic mass is 19.4. The molecule has 2 aromatic heterocycles. The van der Waals surface area contributed by atoms with Crippen LogP contribution in [0.2, 0.25) is 0 Å². The minimum Gasteiger partial charge on any atom is -0.467 e. The van der Waals surface area contributed by atoms with Crippen molar-refractivity contribution >= 4 is 11.8 Å². The number of furan rings is 1. The highest BCUT2D eigenvalue weighted by Crippen LogP contribution is 2.34. The van der Waals surface area contributed by atoms with Crippen molar-refractivity contribution in [2.24, 2.45) is 5.92 Å². The van der Waals surface area contributed by atoms with Crippen LogP contribution < -0.4 is 5.32 Å². The van der Waals surface area contributed by atoms with E-state index in [0.717, 1.165) is 6.07 Å². The van der Waals surface area contributed by atoms with Crippen LogP contribution in [-0.4, -0.2) is 33.0 Å². The first kappa shape index (κ1) is 22.6. The number of aromatic nitrogens is 2. The summed E-state index contributed by atoms with van der Waals surface area (Å²) in [7, 11) is 0. The Labute approximate surface area is 188 Å². The number of rotatable bonds is 6. The van der Waals surface area contributed by atoms with Gasteiger partial charge in [0, 0.05) is 25.2 Å². The predicted octanol–water partition coefficient (Wildman–Crippen LogP) is 3.77. The van der Waals surface area contributed by atoms with Crippen molar-refractivity contribution in [1.82, 2.24) is 20.0 Å². The lowest BCUT2D eigenvalue weighted by atomic mass is 10.0. The summed E-state index contributed by atoms with van der Waals surface area (Å²) in [5.74, 6) is -0.685. The zero-order chi connectivity index (χ0) is 23.8. The van der Waals surface area contributed by atoms with Gasteiger partial charge in [0.25, 0.3) is 0 Å². The lowest BCUT2D eigenvalue weighted by molar-refractivity contribution is -0.138. The van der Waals surface area contributed by atoms with Crippen LogP contribution in [0.15, 0.2) is 47.1 Å². The van der Waals surface area contributed by atoms with Crippen molar-refractivity contribution in [2.75, 3.05) is 6.54 Å². The quantitative estimate of drug-likeness (QED) is 0.608. The van der Waals surface area contributed by atoms with Gasteiger partial charge in [0.2, 0.25) is 11.8 Å². The molecule has 1 aliphatic rings. The molecule has 1 N–H and O–H groups in total. The summed E-state index contributed by atoms with van der Waals surface area (Å²) in [5, 5.41) is 6.80. The number of carbonyl (C=O) groups is 2. The monoisotopic (exact) mass is 460 g/mol. The van der Waals surface area contributed by atoms with Crippen LogP contribution in [0.1, 0.15) is 34.7 Å². The summed E-state index contributed by atoms with van der Waals surface area (Å²) in [4.78, 5) is 26.3. The van der Waals surface area contributed by atoms with Crippen LogP contribution in [0.3, 0.4) is 0 Å². The lowest BCUT2D eigenvalue weighted by Crippen LogP contribution is -2.33. The number of nitrogens with zero attached hydrogens (tertiary/aromatic N) is 3. The Bertz CT molecular complexity index is 1170. The number of hydrogen-bond donors (Lipinski definition) is 1. The third-order valence-electron chi connectivity index (χ3n) is 5.62. The van der Waals surface area contributed by atoms with Gasteiger partial charge in [0.15, 0.2) is 0 Å².